The highest BCUT2D eigenvalue weighted by molar-refractivity contribution is 6.30. The molecule has 2 aromatic carbocycles. The first-order valence-corrected chi connectivity index (χ1v) is 11.3. The Kier molecular flexibility index (Phi) is 7.42. The molecule has 1 atom stereocenters. The summed E-state index contributed by atoms with van der Waals surface area (Å²) in [5.74, 6) is 2.01. The van der Waals surface area contributed by atoms with Crippen LogP contribution in [0.3, 0.4) is 0 Å². The minimum absolute atomic E-state index is 0.292. The van der Waals surface area contributed by atoms with Gasteiger partial charge in [0.25, 0.3) is 0 Å². The number of aromatic nitrogens is 2. The molecule has 1 aliphatic heterocycles. The van der Waals surface area contributed by atoms with Crippen LogP contribution in [0.2, 0.25) is 5.02 Å². The van der Waals surface area contributed by atoms with Crippen LogP contribution in [0.5, 0.6) is 5.75 Å². The SMILES string of the molecule is Cc1ccc(C)c(OC[C@H](O)CN2CCN(Cc3nc(-c4ccc(Cl)cc4)no3)CC2)c1. The second-order valence-electron chi connectivity index (χ2n) is 8.33. The zero-order valence-electron chi connectivity index (χ0n) is 18.5. The lowest BCUT2D eigenvalue weighted by Gasteiger charge is -2.34. The number of hydrogen-bond donors (Lipinski definition) is 1. The molecule has 0 saturated carbocycles. The van der Waals surface area contributed by atoms with E-state index >= 15 is 0 Å². The van der Waals surface area contributed by atoms with Crippen LogP contribution in [-0.4, -0.2) is 70.5 Å². The Balaban J connectivity index is 1.20. The number of benzene rings is 2. The first-order valence-electron chi connectivity index (χ1n) is 10.9. The third-order valence-electron chi connectivity index (χ3n) is 5.64. The highest BCUT2D eigenvalue weighted by Gasteiger charge is 2.21. The van der Waals surface area contributed by atoms with Crippen LogP contribution in [0.15, 0.2) is 47.0 Å². The van der Waals surface area contributed by atoms with Crippen LogP contribution in [0.25, 0.3) is 11.4 Å². The molecule has 32 heavy (non-hydrogen) atoms. The predicted octanol–water partition coefficient (Wildman–Crippen LogP) is 3.56. The van der Waals surface area contributed by atoms with E-state index in [1.807, 2.05) is 50.2 Å². The molecule has 2 heterocycles. The molecule has 1 fully saturated rings. The Labute approximate surface area is 193 Å². The summed E-state index contributed by atoms with van der Waals surface area (Å²) in [6, 6.07) is 13.5. The number of aliphatic hydroxyl groups excluding tert-OH is 1. The van der Waals surface area contributed by atoms with Gasteiger partial charge in [-0.15, -0.1) is 0 Å². The maximum absolute atomic E-state index is 10.4. The Hall–Kier alpha value is -2.45. The summed E-state index contributed by atoms with van der Waals surface area (Å²) in [6.07, 6.45) is -0.528. The number of halogens is 1. The molecule has 0 unspecified atom stereocenters. The second-order valence-corrected chi connectivity index (χ2v) is 8.77. The van der Waals surface area contributed by atoms with E-state index in [-0.39, 0.29) is 0 Å². The molecule has 0 spiro atoms. The monoisotopic (exact) mass is 456 g/mol. The summed E-state index contributed by atoms with van der Waals surface area (Å²) in [5, 5.41) is 15.2. The van der Waals surface area contributed by atoms with Crippen LogP contribution >= 0.6 is 11.6 Å². The Morgan fingerprint density at radius 2 is 1.78 bits per heavy atom. The van der Waals surface area contributed by atoms with Crippen molar-refractivity contribution >= 4 is 11.6 Å². The van der Waals surface area contributed by atoms with Crippen LogP contribution in [0, 0.1) is 13.8 Å². The first kappa shape index (κ1) is 22.7. The fraction of sp³-hybridized carbons (Fsp3) is 0.417. The van der Waals surface area contributed by atoms with Gasteiger partial charge in [0.05, 0.1) is 6.54 Å². The molecule has 0 aliphatic carbocycles. The second kappa shape index (κ2) is 10.4. The van der Waals surface area contributed by atoms with E-state index in [9.17, 15) is 5.11 Å². The number of rotatable bonds is 8. The summed E-state index contributed by atoms with van der Waals surface area (Å²) in [4.78, 5) is 9.06. The number of β-amino-alcohol motifs (C(OH)–C–C–N with tert-alkyl or cyclic N) is 1. The normalized spacial score (nSPS) is 16.2. The highest BCUT2D eigenvalue weighted by atomic mass is 35.5. The van der Waals surface area contributed by atoms with Gasteiger partial charge in [-0.25, -0.2) is 0 Å². The molecule has 1 aliphatic rings. The quantitative estimate of drug-likeness (QED) is 0.555. The van der Waals surface area contributed by atoms with Crippen molar-refractivity contribution in [2.45, 2.75) is 26.5 Å². The van der Waals surface area contributed by atoms with Gasteiger partial charge in [-0.05, 0) is 55.3 Å². The Bertz CT molecular complexity index is 1020. The van der Waals surface area contributed by atoms with Crippen molar-refractivity contribution in [1.29, 1.82) is 0 Å². The van der Waals surface area contributed by atoms with E-state index in [1.165, 1.54) is 0 Å². The van der Waals surface area contributed by atoms with Gasteiger partial charge in [0.15, 0.2) is 0 Å². The first-order chi connectivity index (χ1) is 15.5. The average molecular weight is 457 g/mol. The summed E-state index contributed by atoms with van der Waals surface area (Å²) in [6.45, 7) is 9.06. The van der Waals surface area contributed by atoms with Crippen molar-refractivity contribution in [2.24, 2.45) is 0 Å². The molecule has 7 nitrogen and oxygen atoms in total. The minimum atomic E-state index is -0.528. The average Bonchev–Trinajstić information content (AvgIpc) is 3.25. The standard InChI is InChI=1S/C24H29ClN4O3/c1-17-3-4-18(2)22(13-17)31-16-21(30)14-28-9-11-29(12-10-28)15-23-26-24(27-32-23)19-5-7-20(25)8-6-19/h3-8,13,21,30H,9-12,14-16H2,1-2H3/t21-/m1/s1. The van der Waals surface area contributed by atoms with Gasteiger partial charge in [0.1, 0.15) is 18.5 Å². The third-order valence-corrected chi connectivity index (χ3v) is 5.89. The Morgan fingerprint density at radius 1 is 1.06 bits per heavy atom. The van der Waals surface area contributed by atoms with E-state index in [1.54, 1.807) is 0 Å². The smallest absolute Gasteiger partial charge is 0.241 e. The third kappa shape index (κ3) is 6.07. The van der Waals surface area contributed by atoms with Gasteiger partial charge in [-0.1, -0.05) is 28.9 Å². The molecule has 0 amide bonds. The topological polar surface area (TPSA) is 74.9 Å². The number of aliphatic hydroxyl groups is 1. The van der Waals surface area contributed by atoms with Crippen molar-refractivity contribution in [1.82, 2.24) is 19.9 Å². The van der Waals surface area contributed by atoms with E-state index in [0.717, 1.165) is 48.6 Å². The fourth-order valence-corrected chi connectivity index (χ4v) is 3.88. The number of aryl methyl sites for hydroxylation is 2. The van der Waals surface area contributed by atoms with E-state index < -0.39 is 6.10 Å². The van der Waals surface area contributed by atoms with Crippen LogP contribution < -0.4 is 4.74 Å². The molecule has 1 saturated heterocycles. The van der Waals surface area contributed by atoms with Crippen molar-refractivity contribution in [3.05, 3.63) is 64.5 Å². The van der Waals surface area contributed by atoms with E-state index in [2.05, 4.69) is 26.0 Å². The summed E-state index contributed by atoms with van der Waals surface area (Å²) in [5.41, 5.74) is 3.11. The van der Waals surface area contributed by atoms with Gasteiger partial charge in [0.2, 0.25) is 11.7 Å². The number of piperazine rings is 1. The van der Waals surface area contributed by atoms with Crippen LogP contribution in [-0.2, 0) is 6.54 Å². The van der Waals surface area contributed by atoms with Crippen molar-refractivity contribution in [3.63, 3.8) is 0 Å². The summed E-state index contributed by atoms with van der Waals surface area (Å²) < 4.78 is 11.3. The van der Waals surface area contributed by atoms with Gasteiger partial charge >= 0.3 is 0 Å². The fourth-order valence-electron chi connectivity index (χ4n) is 3.76. The molecule has 0 radical (unpaired) electrons. The zero-order chi connectivity index (χ0) is 22.5. The van der Waals surface area contributed by atoms with Gasteiger partial charge in [0, 0.05) is 43.3 Å². The maximum atomic E-state index is 10.4. The molecule has 4 rings (SSSR count). The molecule has 0 bridgehead atoms. The Morgan fingerprint density at radius 3 is 2.53 bits per heavy atom. The number of nitrogens with zero attached hydrogens (tertiary/aromatic N) is 4. The maximum Gasteiger partial charge on any atom is 0.241 e. The van der Waals surface area contributed by atoms with Crippen LogP contribution in [0.4, 0.5) is 0 Å². The van der Waals surface area contributed by atoms with Crippen LogP contribution in [0.1, 0.15) is 17.0 Å². The summed E-state index contributed by atoms with van der Waals surface area (Å²) in [7, 11) is 0. The lowest BCUT2D eigenvalue weighted by Crippen LogP contribution is -2.48. The molecule has 170 valence electrons. The number of ether oxygens (including phenoxy) is 1. The molecule has 8 heteroatoms. The van der Waals surface area contributed by atoms with Crippen molar-refractivity contribution in [3.8, 4) is 17.1 Å². The largest absolute Gasteiger partial charge is 0.491 e. The van der Waals surface area contributed by atoms with Gasteiger partial charge in [-0.2, -0.15) is 4.98 Å². The predicted molar refractivity (Wildman–Crippen MR) is 124 cm³/mol. The van der Waals surface area contributed by atoms with Crippen molar-refractivity contribution < 1.29 is 14.4 Å². The van der Waals surface area contributed by atoms with Gasteiger partial charge < -0.3 is 14.4 Å². The molecule has 3 aromatic rings. The molecular formula is C24H29ClN4O3. The highest BCUT2D eigenvalue weighted by Crippen LogP contribution is 2.20. The van der Waals surface area contributed by atoms with Gasteiger partial charge in [-0.3, -0.25) is 9.80 Å². The lowest BCUT2D eigenvalue weighted by molar-refractivity contribution is 0.0425. The molecular weight excluding hydrogens is 428 g/mol. The molecule has 1 N–H and O–H groups in total. The zero-order valence-corrected chi connectivity index (χ0v) is 19.3. The minimum Gasteiger partial charge on any atom is -0.491 e. The van der Waals surface area contributed by atoms with E-state index in [4.69, 9.17) is 20.9 Å². The molecule has 1 aromatic heterocycles. The van der Waals surface area contributed by atoms with Crippen molar-refractivity contribution in [2.75, 3.05) is 39.3 Å². The number of hydrogen-bond acceptors (Lipinski definition) is 7. The van der Waals surface area contributed by atoms with E-state index in [0.29, 0.717) is 36.4 Å². The summed E-state index contributed by atoms with van der Waals surface area (Å²) >= 11 is 5.94. The lowest BCUT2D eigenvalue weighted by atomic mass is 10.1.